The van der Waals surface area contributed by atoms with Crippen LogP contribution in [0.3, 0.4) is 0 Å². The molecule has 1 aromatic heterocycles. The average Bonchev–Trinajstić information content (AvgIpc) is 2.70. The molecule has 0 aliphatic rings. The Kier molecular flexibility index (Phi) is 5.98. The number of aromatic nitrogens is 1. The van der Waals surface area contributed by atoms with Crippen molar-refractivity contribution in [3.8, 4) is 5.75 Å². The van der Waals surface area contributed by atoms with Crippen LogP contribution in [0.25, 0.3) is 0 Å². The molecule has 0 unspecified atom stereocenters. The van der Waals surface area contributed by atoms with E-state index in [0.29, 0.717) is 11.1 Å². The number of aryl methyl sites for hydroxylation is 2. The van der Waals surface area contributed by atoms with E-state index >= 15 is 0 Å². The van der Waals surface area contributed by atoms with Gasteiger partial charge in [-0.15, -0.1) is 0 Å². The predicted molar refractivity (Wildman–Crippen MR) is 110 cm³/mol. The van der Waals surface area contributed by atoms with E-state index in [9.17, 15) is 13.2 Å². The molecule has 0 bridgehead atoms. The van der Waals surface area contributed by atoms with Crippen LogP contribution in [0.15, 0.2) is 71.9 Å². The zero-order chi connectivity index (χ0) is 21.0. The topological polar surface area (TPSA) is 85.4 Å². The fraction of sp³-hybridized carbons (Fsp3) is 0.182. The molecular formula is C22H22N2O4S. The molecule has 150 valence electrons. The molecule has 0 radical (unpaired) electrons. The first-order valence-electron chi connectivity index (χ1n) is 9.09. The van der Waals surface area contributed by atoms with Gasteiger partial charge in [0.1, 0.15) is 10.6 Å². The van der Waals surface area contributed by atoms with Crippen molar-refractivity contribution < 1.29 is 17.4 Å². The van der Waals surface area contributed by atoms with Crippen molar-refractivity contribution in [1.29, 1.82) is 0 Å². The second-order valence-electron chi connectivity index (χ2n) is 6.81. The molecular weight excluding hydrogens is 388 g/mol. The molecule has 1 atom stereocenters. The average molecular weight is 410 g/mol. The molecule has 7 heteroatoms. The van der Waals surface area contributed by atoms with E-state index < -0.39 is 10.1 Å². The highest BCUT2D eigenvalue weighted by molar-refractivity contribution is 7.87. The monoisotopic (exact) mass is 410 g/mol. The molecule has 0 spiro atoms. The molecule has 3 rings (SSSR count). The minimum absolute atomic E-state index is 0.130. The van der Waals surface area contributed by atoms with Gasteiger partial charge < -0.3 is 9.50 Å². The van der Waals surface area contributed by atoms with Gasteiger partial charge in [-0.3, -0.25) is 9.78 Å². The molecule has 3 aromatic rings. The number of carbonyl (C=O) groups is 1. The number of hydrogen-bond donors (Lipinski definition) is 1. The van der Waals surface area contributed by atoms with E-state index in [0.717, 1.165) is 11.1 Å². The molecule has 0 fully saturated rings. The van der Waals surface area contributed by atoms with Gasteiger partial charge in [0.05, 0.1) is 6.04 Å². The van der Waals surface area contributed by atoms with Gasteiger partial charge in [0.25, 0.3) is 5.91 Å². The summed E-state index contributed by atoms with van der Waals surface area (Å²) < 4.78 is 30.4. The van der Waals surface area contributed by atoms with E-state index in [1.54, 1.807) is 31.5 Å². The minimum Gasteiger partial charge on any atom is -0.379 e. The van der Waals surface area contributed by atoms with Crippen LogP contribution < -0.4 is 9.50 Å². The Hall–Kier alpha value is -3.19. The molecule has 0 saturated carbocycles. The molecule has 0 aliphatic heterocycles. The molecule has 29 heavy (non-hydrogen) atoms. The fourth-order valence-electron chi connectivity index (χ4n) is 2.83. The summed E-state index contributed by atoms with van der Waals surface area (Å²) in [5, 5.41) is 2.89. The summed E-state index contributed by atoms with van der Waals surface area (Å²) in [5.41, 5.74) is 2.78. The Labute approximate surface area is 170 Å². The van der Waals surface area contributed by atoms with E-state index in [2.05, 4.69) is 10.3 Å². The highest BCUT2D eigenvalue weighted by atomic mass is 32.2. The van der Waals surface area contributed by atoms with Crippen molar-refractivity contribution in [3.63, 3.8) is 0 Å². The Morgan fingerprint density at radius 1 is 1.00 bits per heavy atom. The van der Waals surface area contributed by atoms with Crippen LogP contribution in [0.5, 0.6) is 5.75 Å². The third-order valence-corrected chi connectivity index (χ3v) is 5.88. The Bertz CT molecular complexity index is 1110. The Morgan fingerprint density at radius 2 is 1.66 bits per heavy atom. The highest BCUT2D eigenvalue weighted by Gasteiger charge is 2.20. The third kappa shape index (κ3) is 5.00. The number of hydrogen-bond acceptors (Lipinski definition) is 5. The smallest absolute Gasteiger partial charge is 0.339 e. The first kappa shape index (κ1) is 20.5. The number of carbonyl (C=O) groups excluding carboxylic acids is 1. The SMILES string of the molecule is Cc1ccc(C)c(S(=O)(=O)Oc2ccc(C(=O)N[C@H](C)c3ccncc3)cc2)c1. The van der Waals surface area contributed by atoms with Gasteiger partial charge in [0.2, 0.25) is 0 Å². The van der Waals surface area contributed by atoms with Crippen LogP contribution in [0.1, 0.15) is 40.0 Å². The standard InChI is InChI=1S/C22H22N2O4S/c1-15-4-5-16(2)21(14-15)29(26,27)28-20-8-6-19(7-9-20)22(25)24-17(3)18-10-12-23-13-11-18/h4-14,17H,1-3H3,(H,24,25)/t17-/m1/s1. The summed E-state index contributed by atoms with van der Waals surface area (Å²) in [6.07, 6.45) is 3.33. The van der Waals surface area contributed by atoms with Gasteiger partial charge in [-0.25, -0.2) is 0 Å². The summed E-state index contributed by atoms with van der Waals surface area (Å²) in [4.78, 5) is 16.5. The number of amides is 1. The lowest BCUT2D eigenvalue weighted by Crippen LogP contribution is -2.26. The normalized spacial score (nSPS) is 12.2. The van der Waals surface area contributed by atoms with Crippen molar-refractivity contribution in [2.75, 3.05) is 0 Å². The van der Waals surface area contributed by atoms with Crippen LogP contribution in [0.2, 0.25) is 0 Å². The van der Waals surface area contributed by atoms with Gasteiger partial charge in [0, 0.05) is 18.0 Å². The van der Waals surface area contributed by atoms with Crippen molar-refractivity contribution in [3.05, 3.63) is 89.2 Å². The quantitative estimate of drug-likeness (QED) is 0.622. The van der Waals surface area contributed by atoms with Gasteiger partial charge in [-0.05, 0) is 79.9 Å². The molecule has 0 saturated heterocycles. The van der Waals surface area contributed by atoms with E-state index in [4.69, 9.17) is 4.18 Å². The minimum atomic E-state index is -3.96. The van der Waals surface area contributed by atoms with Gasteiger partial charge in [-0.2, -0.15) is 8.42 Å². The summed E-state index contributed by atoms with van der Waals surface area (Å²) >= 11 is 0. The van der Waals surface area contributed by atoms with E-state index in [-0.39, 0.29) is 22.6 Å². The maximum atomic E-state index is 12.6. The number of pyridine rings is 1. The maximum Gasteiger partial charge on any atom is 0.339 e. The predicted octanol–water partition coefficient (Wildman–Crippen LogP) is 3.96. The van der Waals surface area contributed by atoms with Crippen LogP contribution >= 0.6 is 0 Å². The summed E-state index contributed by atoms with van der Waals surface area (Å²) in [6.45, 7) is 5.41. The third-order valence-electron chi connectivity index (χ3n) is 4.49. The second kappa shape index (κ2) is 8.45. The summed E-state index contributed by atoms with van der Waals surface area (Å²) in [5.74, 6) is -0.122. The number of rotatable bonds is 6. The zero-order valence-electron chi connectivity index (χ0n) is 16.4. The van der Waals surface area contributed by atoms with Crippen LogP contribution in [0, 0.1) is 13.8 Å². The number of nitrogens with zero attached hydrogens (tertiary/aromatic N) is 1. The van der Waals surface area contributed by atoms with Crippen LogP contribution in [-0.2, 0) is 10.1 Å². The lowest BCUT2D eigenvalue weighted by atomic mass is 10.1. The van der Waals surface area contributed by atoms with Gasteiger partial charge in [0.15, 0.2) is 0 Å². The number of benzene rings is 2. The molecule has 1 heterocycles. The van der Waals surface area contributed by atoms with E-state index in [1.165, 1.54) is 24.3 Å². The van der Waals surface area contributed by atoms with Crippen LogP contribution in [-0.4, -0.2) is 19.3 Å². The highest BCUT2D eigenvalue weighted by Crippen LogP contribution is 2.23. The summed E-state index contributed by atoms with van der Waals surface area (Å²) in [6, 6.07) is 14.6. The summed E-state index contributed by atoms with van der Waals surface area (Å²) in [7, 11) is -3.96. The Morgan fingerprint density at radius 3 is 2.31 bits per heavy atom. The van der Waals surface area contributed by atoms with Crippen LogP contribution in [0.4, 0.5) is 0 Å². The van der Waals surface area contributed by atoms with E-state index in [1.807, 2.05) is 32.0 Å². The Balaban J connectivity index is 1.71. The van der Waals surface area contributed by atoms with Crippen molar-refractivity contribution >= 4 is 16.0 Å². The second-order valence-corrected chi connectivity index (χ2v) is 8.32. The van der Waals surface area contributed by atoms with Crippen molar-refractivity contribution in [1.82, 2.24) is 10.3 Å². The first-order valence-corrected chi connectivity index (χ1v) is 10.5. The van der Waals surface area contributed by atoms with Gasteiger partial charge >= 0.3 is 10.1 Å². The maximum absolute atomic E-state index is 12.6. The largest absolute Gasteiger partial charge is 0.379 e. The molecule has 2 aromatic carbocycles. The zero-order valence-corrected chi connectivity index (χ0v) is 17.2. The first-order chi connectivity index (χ1) is 13.8. The molecule has 1 amide bonds. The molecule has 1 N–H and O–H groups in total. The van der Waals surface area contributed by atoms with Crippen molar-refractivity contribution in [2.24, 2.45) is 0 Å². The van der Waals surface area contributed by atoms with Crippen molar-refractivity contribution in [2.45, 2.75) is 31.7 Å². The van der Waals surface area contributed by atoms with Gasteiger partial charge in [-0.1, -0.05) is 12.1 Å². The molecule has 0 aliphatic carbocycles. The lowest BCUT2D eigenvalue weighted by molar-refractivity contribution is 0.0940. The number of nitrogens with one attached hydrogen (secondary N) is 1. The molecule has 6 nitrogen and oxygen atoms in total. The fourth-order valence-corrected chi connectivity index (χ4v) is 4.07. The lowest BCUT2D eigenvalue weighted by Gasteiger charge is -2.14.